The van der Waals surface area contributed by atoms with Gasteiger partial charge >= 0.3 is 5.97 Å². The highest BCUT2D eigenvalue weighted by Crippen LogP contribution is 2.30. The fourth-order valence-corrected chi connectivity index (χ4v) is 6.49. The van der Waals surface area contributed by atoms with Crippen molar-refractivity contribution in [2.24, 2.45) is 5.92 Å². The number of carbonyl (C=O) groups excluding carboxylic acids is 1. The average Bonchev–Trinajstić information content (AvgIpc) is 2.93. The van der Waals surface area contributed by atoms with Crippen LogP contribution in [0, 0.1) is 5.92 Å². The number of hydrogen-bond acceptors (Lipinski definition) is 2. The number of nitrogens with zero attached hydrogens (tertiary/aromatic N) is 1. The number of ether oxygens (including phenoxy) is 1. The number of esters is 1. The molecule has 0 aromatic heterocycles. The van der Waals surface area contributed by atoms with E-state index in [0.717, 1.165) is 17.4 Å². The molecule has 0 bridgehead atoms. The lowest BCUT2D eigenvalue weighted by Gasteiger charge is -2.38. The molecule has 0 spiro atoms. The molecular weight excluding hydrogens is 558 g/mol. The summed E-state index contributed by atoms with van der Waals surface area (Å²) in [6.07, 6.45) is 30.4. The van der Waals surface area contributed by atoms with Gasteiger partial charge in [0.05, 0.1) is 32.7 Å². The molecule has 0 heterocycles. The molecule has 0 unspecified atom stereocenters. The summed E-state index contributed by atoms with van der Waals surface area (Å²) >= 11 is 0. The highest BCUT2D eigenvalue weighted by Gasteiger charge is 2.33. The summed E-state index contributed by atoms with van der Waals surface area (Å²) < 4.78 is 7.07. The van der Waals surface area contributed by atoms with Gasteiger partial charge < -0.3 is 26.2 Å². The van der Waals surface area contributed by atoms with Crippen molar-refractivity contribution in [2.75, 3.05) is 27.2 Å². The smallest absolute Gasteiger partial charge is 0.338 e. The minimum Gasteiger partial charge on any atom is -1.00 e. The topological polar surface area (TPSA) is 26.3 Å². The first kappa shape index (κ1) is 37.2. The molecule has 40 heavy (non-hydrogen) atoms. The third-order valence-corrected chi connectivity index (χ3v) is 8.95. The quantitative estimate of drug-likeness (QED) is 0.0717. The Morgan fingerprint density at radius 3 is 1.65 bits per heavy atom. The van der Waals surface area contributed by atoms with Gasteiger partial charge in [-0.3, -0.25) is 0 Å². The molecule has 4 heteroatoms. The van der Waals surface area contributed by atoms with Crippen LogP contribution in [0.25, 0.3) is 0 Å². The summed E-state index contributed by atoms with van der Waals surface area (Å²) in [6.45, 7) is 4.65. The first-order valence-electron chi connectivity index (χ1n) is 17.1. The van der Waals surface area contributed by atoms with Crippen LogP contribution in [0.5, 0.6) is 0 Å². The molecule has 0 N–H and O–H groups in total. The van der Waals surface area contributed by atoms with Crippen molar-refractivity contribution in [3.63, 3.8) is 0 Å². The molecule has 0 radical (unpaired) electrons. The maximum atomic E-state index is 12.7. The van der Waals surface area contributed by atoms with E-state index >= 15 is 0 Å². The van der Waals surface area contributed by atoms with Crippen LogP contribution in [-0.4, -0.2) is 43.7 Å². The zero-order valence-electron chi connectivity index (χ0n) is 26.7. The van der Waals surface area contributed by atoms with Crippen LogP contribution in [0.1, 0.15) is 159 Å². The third kappa shape index (κ3) is 17.8. The van der Waals surface area contributed by atoms with Crippen molar-refractivity contribution < 1.29 is 31.0 Å². The maximum Gasteiger partial charge on any atom is 0.338 e. The van der Waals surface area contributed by atoms with Crippen molar-refractivity contribution in [1.82, 2.24) is 0 Å². The van der Waals surface area contributed by atoms with Gasteiger partial charge in [-0.15, -0.1) is 0 Å². The lowest BCUT2D eigenvalue weighted by Crippen LogP contribution is -3.00. The van der Waals surface area contributed by atoms with Crippen molar-refractivity contribution >= 4 is 5.97 Å². The number of halogens is 1. The zero-order chi connectivity index (χ0) is 28.0. The highest BCUT2D eigenvalue weighted by molar-refractivity contribution is 5.89. The van der Waals surface area contributed by atoms with Gasteiger partial charge in [0, 0.05) is 5.92 Å². The second-order valence-corrected chi connectivity index (χ2v) is 13.2. The molecule has 2 rings (SSSR count). The van der Waals surface area contributed by atoms with E-state index in [-0.39, 0.29) is 29.1 Å². The zero-order valence-corrected chi connectivity index (χ0v) is 28.2. The Hall–Kier alpha value is -0.870. The molecule has 1 aromatic rings. The van der Waals surface area contributed by atoms with Crippen LogP contribution < -0.4 is 17.0 Å². The molecule has 0 saturated heterocycles. The number of unbranched alkanes of at least 4 members (excludes halogenated alkanes) is 17. The SMILES string of the molecule is CCCCCCCCCCCCCCCCCCCC[N+](C)(C)C[C@H]1CCCC[C@H]1OC(=O)c1ccccc1.[Br-]. The van der Waals surface area contributed by atoms with Gasteiger partial charge in [-0.05, 0) is 44.2 Å². The fraction of sp³-hybridized carbons (Fsp3) is 0.806. The Labute approximate surface area is 259 Å². The van der Waals surface area contributed by atoms with E-state index in [4.69, 9.17) is 4.74 Å². The molecule has 0 aliphatic heterocycles. The van der Waals surface area contributed by atoms with E-state index in [9.17, 15) is 4.79 Å². The van der Waals surface area contributed by atoms with Gasteiger partial charge in [0.15, 0.2) is 0 Å². The Kier molecular flexibility index (Phi) is 22.0. The summed E-state index contributed by atoms with van der Waals surface area (Å²) in [4.78, 5) is 12.7. The summed E-state index contributed by atoms with van der Waals surface area (Å²) in [5, 5.41) is 0. The molecule has 1 aliphatic carbocycles. The van der Waals surface area contributed by atoms with Crippen LogP contribution in [0.4, 0.5) is 0 Å². The monoisotopic (exact) mass is 621 g/mol. The van der Waals surface area contributed by atoms with E-state index in [1.807, 2.05) is 30.3 Å². The standard InChI is InChI=1S/C36H64NO2.BrH/c1-4-5-6-7-8-9-10-11-12-13-14-15-16-17-18-19-20-26-31-37(2,3)32-34-29-24-25-30-35(34)39-36(38)33-27-22-21-23-28-33;/h21-23,27-28,34-35H,4-20,24-26,29-32H2,1-3H3;1H/q+1;/p-1/t34-,35-;/m1./s1. The first-order valence-corrected chi connectivity index (χ1v) is 17.1. The molecule has 3 nitrogen and oxygen atoms in total. The lowest BCUT2D eigenvalue weighted by atomic mass is 9.85. The Morgan fingerprint density at radius 2 is 1.15 bits per heavy atom. The maximum absolute atomic E-state index is 12.7. The summed E-state index contributed by atoms with van der Waals surface area (Å²) in [7, 11) is 4.75. The van der Waals surface area contributed by atoms with Crippen LogP contribution in [0.3, 0.4) is 0 Å². The number of hydrogen-bond donors (Lipinski definition) is 0. The largest absolute Gasteiger partial charge is 1.00 e. The molecule has 1 saturated carbocycles. The third-order valence-electron chi connectivity index (χ3n) is 8.95. The van der Waals surface area contributed by atoms with E-state index in [1.54, 1.807) is 0 Å². The van der Waals surface area contributed by atoms with Crippen molar-refractivity contribution in [1.29, 1.82) is 0 Å². The van der Waals surface area contributed by atoms with Crippen molar-refractivity contribution in [3.05, 3.63) is 35.9 Å². The number of benzene rings is 1. The minimum absolute atomic E-state index is 0. The first-order chi connectivity index (χ1) is 19.0. The van der Waals surface area contributed by atoms with E-state index in [2.05, 4.69) is 21.0 Å². The summed E-state index contributed by atoms with van der Waals surface area (Å²) in [5.41, 5.74) is 0.675. The molecule has 1 fully saturated rings. The second-order valence-electron chi connectivity index (χ2n) is 13.2. The van der Waals surface area contributed by atoms with Crippen LogP contribution in [0.15, 0.2) is 30.3 Å². The molecule has 0 amide bonds. The molecule has 232 valence electrons. The molecular formula is C36H64BrNO2. The van der Waals surface area contributed by atoms with Crippen molar-refractivity contribution in [2.45, 2.75) is 154 Å². The predicted octanol–water partition coefficient (Wildman–Crippen LogP) is 7.52. The summed E-state index contributed by atoms with van der Waals surface area (Å²) in [6, 6.07) is 9.49. The average molecular weight is 623 g/mol. The molecule has 2 atom stereocenters. The minimum atomic E-state index is -0.152. The van der Waals surface area contributed by atoms with E-state index in [0.29, 0.717) is 11.5 Å². The van der Waals surface area contributed by atoms with E-state index < -0.39 is 0 Å². The van der Waals surface area contributed by atoms with Gasteiger partial charge in [-0.25, -0.2) is 4.79 Å². The van der Waals surface area contributed by atoms with Crippen LogP contribution in [-0.2, 0) is 4.74 Å². The van der Waals surface area contributed by atoms with Gasteiger partial charge in [0.25, 0.3) is 0 Å². The Bertz CT molecular complexity index is 723. The van der Waals surface area contributed by atoms with Crippen LogP contribution in [0.2, 0.25) is 0 Å². The summed E-state index contributed by atoms with van der Waals surface area (Å²) in [5.74, 6) is 0.332. The van der Waals surface area contributed by atoms with Gasteiger partial charge in [0.2, 0.25) is 0 Å². The van der Waals surface area contributed by atoms with E-state index in [1.165, 1.54) is 141 Å². The Balaban J connectivity index is 0.00000800. The molecule has 1 aliphatic rings. The van der Waals surface area contributed by atoms with Crippen LogP contribution >= 0.6 is 0 Å². The fourth-order valence-electron chi connectivity index (χ4n) is 6.49. The normalized spacial score (nSPS) is 17.4. The van der Waals surface area contributed by atoms with Crippen molar-refractivity contribution in [3.8, 4) is 0 Å². The number of carbonyl (C=O) groups is 1. The second kappa shape index (κ2) is 23.7. The van der Waals surface area contributed by atoms with Gasteiger partial charge in [-0.2, -0.15) is 0 Å². The Morgan fingerprint density at radius 1 is 0.700 bits per heavy atom. The number of rotatable bonds is 23. The lowest BCUT2D eigenvalue weighted by molar-refractivity contribution is -0.894. The van der Waals surface area contributed by atoms with Gasteiger partial charge in [0.1, 0.15) is 6.10 Å². The highest BCUT2D eigenvalue weighted by atomic mass is 79.9. The molecule has 1 aromatic carbocycles. The van der Waals surface area contributed by atoms with Gasteiger partial charge in [-0.1, -0.05) is 134 Å². The number of quaternary nitrogens is 1. The predicted molar refractivity (Wildman–Crippen MR) is 168 cm³/mol.